The van der Waals surface area contributed by atoms with Crippen molar-refractivity contribution in [1.82, 2.24) is 0 Å². The minimum absolute atomic E-state index is 0.218. The van der Waals surface area contributed by atoms with Crippen molar-refractivity contribution in [3.05, 3.63) is 29.8 Å². The molecule has 0 unspecified atom stereocenters. The van der Waals surface area contributed by atoms with Gasteiger partial charge in [0.15, 0.2) is 17.5 Å². The molecule has 0 bridgehead atoms. The van der Waals surface area contributed by atoms with Crippen LogP contribution in [-0.4, -0.2) is 18.7 Å². The Labute approximate surface area is 97.5 Å². The van der Waals surface area contributed by atoms with E-state index >= 15 is 0 Å². The topological polar surface area (TPSA) is 99.9 Å². The Balaban J connectivity index is 2.11. The molecule has 1 aromatic rings. The van der Waals surface area contributed by atoms with Gasteiger partial charge in [0.25, 0.3) is 5.91 Å². The summed E-state index contributed by atoms with van der Waals surface area (Å²) in [5.74, 6) is 0.576. The number of fused-ring (bicyclic) bond motifs is 1. The van der Waals surface area contributed by atoms with Gasteiger partial charge in [0.2, 0.25) is 6.79 Å². The lowest BCUT2D eigenvalue weighted by Crippen LogP contribution is -2.23. The Morgan fingerprint density at radius 3 is 2.82 bits per heavy atom. The van der Waals surface area contributed by atoms with E-state index in [0.29, 0.717) is 11.5 Å². The van der Waals surface area contributed by atoms with Gasteiger partial charge in [0.1, 0.15) is 0 Å². The molecule has 0 saturated heterocycles. The number of hydrogen-bond donors (Lipinski definition) is 2. The fourth-order valence-corrected chi connectivity index (χ4v) is 1.35. The first-order chi connectivity index (χ1) is 8.15. The van der Waals surface area contributed by atoms with E-state index in [1.165, 1.54) is 6.08 Å². The molecule has 0 spiro atoms. The van der Waals surface area contributed by atoms with E-state index in [-0.39, 0.29) is 12.8 Å². The summed E-state index contributed by atoms with van der Waals surface area (Å²) in [5.41, 5.74) is 10.9. The number of hydrogen-bond acceptors (Lipinski definition) is 3. The molecule has 1 aliphatic heterocycles. The minimum Gasteiger partial charge on any atom is -0.454 e. The Morgan fingerprint density at radius 1 is 1.29 bits per heavy atom. The highest BCUT2D eigenvalue weighted by molar-refractivity contribution is 5.99. The minimum atomic E-state index is -0.511. The summed E-state index contributed by atoms with van der Waals surface area (Å²) in [6.45, 7) is 0.218. The number of ether oxygens (including phenoxy) is 2. The van der Waals surface area contributed by atoms with Crippen molar-refractivity contribution >= 4 is 17.9 Å². The van der Waals surface area contributed by atoms with Crippen LogP contribution in [0.5, 0.6) is 11.5 Å². The van der Waals surface area contributed by atoms with Crippen LogP contribution < -0.4 is 20.9 Å². The van der Waals surface area contributed by atoms with E-state index in [1.54, 1.807) is 24.3 Å². The summed E-state index contributed by atoms with van der Waals surface area (Å²) in [6.07, 6.45) is 2.87. The molecule has 1 heterocycles. The van der Waals surface area contributed by atoms with Gasteiger partial charge >= 0.3 is 0 Å². The number of aliphatic imine (C=N–C) groups is 1. The molecule has 0 aliphatic carbocycles. The number of nitrogens with zero attached hydrogens (tertiary/aromatic N) is 1. The molecule has 6 heteroatoms. The smallest absolute Gasteiger partial charge is 0.272 e. The molecule has 17 heavy (non-hydrogen) atoms. The normalized spacial score (nSPS) is 12.7. The number of rotatable bonds is 2. The fourth-order valence-electron chi connectivity index (χ4n) is 1.35. The summed E-state index contributed by atoms with van der Waals surface area (Å²) >= 11 is 0. The second-order valence-electron chi connectivity index (χ2n) is 3.32. The van der Waals surface area contributed by atoms with E-state index in [2.05, 4.69) is 4.99 Å². The Hall–Kier alpha value is -2.50. The maximum atomic E-state index is 11.2. The van der Waals surface area contributed by atoms with Gasteiger partial charge in [-0.3, -0.25) is 4.79 Å². The lowest BCUT2D eigenvalue weighted by atomic mass is 10.2. The second kappa shape index (κ2) is 4.56. The van der Waals surface area contributed by atoms with Crippen LogP contribution in [0.4, 0.5) is 0 Å². The van der Waals surface area contributed by atoms with Crippen molar-refractivity contribution in [1.29, 1.82) is 0 Å². The third-order valence-corrected chi connectivity index (χ3v) is 2.05. The van der Waals surface area contributed by atoms with E-state index < -0.39 is 5.91 Å². The van der Waals surface area contributed by atoms with Gasteiger partial charge < -0.3 is 20.9 Å². The molecule has 1 aromatic carbocycles. The molecule has 1 amide bonds. The van der Waals surface area contributed by atoms with Crippen LogP contribution in [0.2, 0.25) is 0 Å². The third-order valence-electron chi connectivity index (χ3n) is 2.05. The number of nitrogens with two attached hydrogens (primary N) is 2. The van der Waals surface area contributed by atoms with E-state index in [4.69, 9.17) is 20.9 Å². The highest BCUT2D eigenvalue weighted by Gasteiger charge is 2.12. The summed E-state index contributed by atoms with van der Waals surface area (Å²) in [6, 6.07) is 5.33. The Morgan fingerprint density at radius 2 is 2.06 bits per heavy atom. The average molecular weight is 233 g/mol. The van der Waals surface area contributed by atoms with Crippen LogP contribution in [0, 0.1) is 0 Å². The molecule has 4 N–H and O–H groups in total. The van der Waals surface area contributed by atoms with Gasteiger partial charge in [-0.1, -0.05) is 6.07 Å². The van der Waals surface area contributed by atoms with Crippen molar-refractivity contribution in [2.45, 2.75) is 0 Å². The summed E-state index contributed by atoms with van der Waals surface area (Å²) in [4.78, 5) is 14.5. The van der Waals surface area contributed by atoms with Crippen molar-refractivity contribution in [2.24, 2.45) is 16.5 Å². The molecule has 0 radical (unpaired) electrons. The van der Waals surface area contributed by atoms with Crippen LogP contribution in [-0.2, 0) is 4.79 Å². The molecule has 6 nitrogen and oxygen atoms in total. The zero-order chi connectivity index (χ0) is 12.3. The third kappa shape index (κ3) is 2.75. The lowest BCUT2D eigenvalue weighted by Gasteiger charge is -1.96. The molecule has 0 saturated carbocycles. The second-order valence-corrected chi connectivity index (χ2v) is 3.32. The highest BCUT2D eigenvalue weighted by atomic mass is 16.7. The lowest BCUT2D eigenvalue weighted by molar-refractivity contribution is -0.113. The van der Waals surface area contributed by atoms with E-state index in [0.717, 1.165) is 5.56 Å². The average Bonchev–Trinajstić information content (AvgIpc) is 2.72. The largest absolute Gasteiger partial charge is 0.454 e. The van der Waals surface area contributed by atoms with Crippen molar-refractivity contribution in [3.8, 4) is 11.5 Å². The molecule has 0 fully saturated rings. The molecule has 0 aromatic heterocycles. The zero-order valence-electron chi connectivity index (χ0n) is 8.92. The van der Waals surface area contributed by atoms with Crippen LogP contribution in [0.25, 0.3) is 6.08 Å². The number of carbonyl (C=O) groups is 1. The van der Waals surface area contributed by atoms with Crippen molar-refractivity contribution in [3.63, 3.8) is 0 Å². The first kappa shape index (κ1) is 11.0. The molecule has 88 valence electrons. The predicted molar refractivity (Wildman–Crippen MR) is 62.4 cm³/mol. The first-order valence-electron chi connectivity index (χ1n) is 4.86. The van der Waals surface area contributed by atoms with Gasteiger partial charge in [-0.25, -0.2) is 0 Å². The fraction of sp³-hybridized carbons (Fsp3) is 0.0909. The summed E-state index contributed by atoms with van der Waals surface area (Å²) < 4.78 is 10.4. The highest BCUT2D eigenvalue weighted by Crippen LogP contribution is 2.32. The quantitative estimate of drug-likeness (QED) is 0.432. The molecular formula is C11H11N3O3. The van der Waals surface area contributed by atoms with Crippen LogP contribution in [0.3, 0.4) is 0 Å². The van der Waals surface area contributed by atoms with Gasteiger partial charge in [0.05, 0.1) is 0 Å². The van der Waals surface area contributed by atoms with Crippen LogP contribution in [0.1, 0.15) is 5.56 Å². The molecule has 1 aliphatic rings. The molecule has 2 rings (SSSR count). The maximum Gasteiger partial charge on any atom is 0.272 e. The van der Waals surface area contributed by atoms with E-state index in [1.807, 2.05) is 0 Å². The zero-order valence-corrected chi connectivity index (χ0v) is 8.92. The van der Waals surface area contributed by atoms with Gasteiger partial charge in [0, 0.05) is 6.08 Å². The Bertz CT molecular complexity index is 505. The number of amides is 1. The van der Waals surface area contributed by atoms with Crippen LogP contribution >= 0.6 is 0 Å². The van der Waals surface area contributed by atoms with Gasteiger partial charge in [-0.05, 0) is 23.8 Å². The van der Waals surface area contributed by atoms with Crippen molar-refractivity contribution in [2.75, 3.05) is 6.79 Å². The van der Waals surface area contributed by atoms with Gasteiger partial charge in [-0.15, -0.1) is 0 Å². The monoisotopic (exact) mass is 233 g/mol. The van der Waals surface area contributed by atoms with Crippen molar-refractivity contribution < 1.29 is 14.3 Å². The number of carbonyl (C=O) groups excluding carboxylic acids is 1. The standard InChI is InChI=1S/C11H11N3O3/c12-11(13)14-10(15)4-2-7-1-3-8-9(5-7)17-6-16-8/h1-5H,6H2,(H4,12,13,14,15)/b4-2+. The van der Waals surface area contributed by atoms with Gasteiger partial charge in [-0.2, -0.15) is 4.99 Å². The first-order valence-corrected chi connectivity index (χ1v) is 4.86. The maximum absolute atomic E-state index is 11.2. The predicted octanol–water partition coefficient (Wildman–Crippen LogP) is 0.228. The SMILES string of the molecule is NC(N)=NC(=O)/C=C/c1ccc2c(c1)OCO2. The summed E-state index contributed by atoms with van der Waals surface area (Å²) in [7, 11) is 0. The number of guanidine groups is 1. The van der Waals surface area contributed by atoms with E-state index in [9.17, 15) is 4.79 Å². The number of benzene rings is 1. The summed E-state index contributed by atoms with van der Waals surface area (Å²) in [5, 5.41) is 0. The molecular weight excluding hydrogens is 222 g/mol. The Kier molecular flexibility index (Phi) is 2.95. The van der Waals surface area contributed by atoms with Crippen LogP contribution in [0.15, 0.2) is 29.3 Å². The molecule has 0 atom stereocenters.